The number of anilines is 2. The van der Waals surface area contributed by atoms with Crippen molar-refractivity contribution < 1.29 is 9.53 Å². The van der Waals surface area contributed by atoms with Gasteiger partial charge >= 0.3 is 6.03 Å². The van der Waals surface area contributed by atoms with Crippen LogP contribution in [-0.4, -0.2) is 33.8 Å². The molecule has 0 bridgehead atoms. The van der Waals surface area contributed by atoms with E-state index in [0.717, 1.165) is 11.3 Å². The first kappa shape index (κ1) is 17.2. The Bertz CT molecular complexity index is 743. The Morgan fingerprint density at radius 1 is 1.17 bits per heavy atom. The van der Waals surface area contributed by atoms with Crippen molar-refractivity contribution in [3.05, 3.63) is 54.1 Å². The van der Waals surface area contributed by atoms with Gasteiger partial charge in [-0.2, -0.15) is 0 Å². The lowest BCUT2D eigenvalue weighted by molar-refractivity contribution is 0.253. The summed E-state index contributed by atoms with van der Waals surface area (Å²) in [6.45, 7) is 0.269. The van der Waals surface area contributed by atoms with Crippen molar-refractivity contribution in [1.82, 2.24) is 5.32 Å². The molecule has 0 radical (unpaired) electrons. The molecule has 2 N–H and O–H groups in total. The quantitative estimate of drug-likeness (QED) is 0.851. The lowest BCUT2D eigenvalue weighted by atomic mass is 10.2. The fourth-order valence-corrected chi connectivity index (χ4v) is 1.99. The van der Waals surface area contributed by atoms with Crippen LogP contribution in [0.3, 0.4) is 0 Å². The summed E-state index contributed by atoms with van der Waals surface area (Å²) in [5.74, 6) is 6.64. The highest BCUT2D eigenvalue weighted by molar-refractivity contribution is 5.89. The molecule has 2 rings (SSSR count). The third-order valence-corrected chi connectivity index (χ3v) is 3.28. The normalized spacial score (nSPS) is 9.46. The monoisotopic (exact) mass is 323 g/mol. The lowest BCUT2D eigenvalue weighted by Gasteiger charge is -2.11. The van der Waals surface area contributed by atoms with Crippen LogP contribution in [-0.2, 0) is 0 Å². The van der Waals surface area contributed by atoms with Gasteiger partial charge in [0.15, 0.2) is 0 Å². The number of hydrogen-bond donors (Lipinski definition) is 2. The molecule has 0 aliphatic carbocycles. The van der Waals surface area contributed by atoms with Crippen molar-refractivity contribution in [3.63, 3.8) is 0 Å². The fourth-order valence-electron chi connectivity index (χ4n) is 1.99. The second kappa shape index (κ2) is 8.49. The summed E-state index contributed by atoms with van der Waals surface area (Å²) in [7, 11) is 5.57. The van der Waals surface area contributed by atoms with Crippen LogP contribution in [0.2, 0.25) is 0 Å². The Morgan fingerprint density at radius 2 is 1.92 bits per heavy atom. The zero-order valence-corrected chi connectivity index (χ0v) is 14.1. The van der Waals surface area contributed by atoms with Gasteiger partial charge in [0.05, 0.1) is 13.7 Å². The smallest absolute Gasteiger partial charge is 0.319 e. The second-order valence-electron chi connectivity index (χ2n) is 5.28. The van der Waals surface area contributed by atoms with E-state index in [1.54, 1.807) is 19.2 Å². The average molecular weight is 323 g/mol. The van der Waals surface area contributed by atoms with Crippen LogP contribution in [0.15, 0.2) is 48.5 Å². The summed E-state index contributed by atoms with van der Waals surface area (Å²) in [5, 5.41) is 5.43. The van der Waals surface area contributed by atoms with Crippen molar-refractivity contribution in [2.75, 3.05) is 38.0 Å². The molecule has 24 heavy (non-hydrogen) atoms. The summed E-state index contributed by atoms with van der Waals surface area (Å²) in [6, 6.07) is 14.8. The van der Waals surface area contributed by atoms with Crippen LogP contribution in [0.25, 0.3) is 0 Å². The van der Waals surface area contributed by atoms with Crippen molar-refractivity contribution >= 4 is 17.4 Å². The standard InChI is InChI=1S/C19H21N3O2/c1-22(2)17-11-9-15(10-12-17)6-5-13-20-19(23)21-16-7-4-8-18(14-16)24-3/h4,7-12,14H,13H2,1-3H3,(H2,20,21,23). The first-order valence-corrected chi connectivity index (χ1v) is 7.53. The minimum Gasteiger partial charge on any atom is -0.497 e. The number of benzene rings is 2. The minimum absolute atomic E-state index is 0.269. The number of urea groups is 1. The number of nitrogens with zero attached hydrogens (tertiary/aromatic N) is 1. The van der Waals surface area contributed by atoms with Crippen LogP contribution < -0.4 is 20.3 Å². The number of carbonyl (C=O) groups excluding carboxylic acids is 1. The molecular weight excluding hydrogens is 302 g/mol. The van der Waals surface area contributed by atoms with Gasteiger partial charge in [0, 0.05) is 37.1 Å². The number of carbonyl (C=O) groups is 1. The van der Waals surface area contributed by atoms with Gasteiger partial charge in [0.2, 0.25) is 0 Å². The molecule has 5 nitrogen and oxygen atoms in total. The van der Waals surface area contributed by atoms with Crippen molar-refractivity contribution in [1.29, 1.82) is 0 Å². The van der Waals surface area contributed by atoms with E-state index in [9.17, 15) is 4.79 Å². The van der Waals surface area contributed by atoms with Crippen molar-refractivity contribution in [3.8, 4) is 17.6 Å². The van der Waals surface area contributed by atoms with Crippen LogP contribution in [0.4, 0.5) is 16.2 Å². The number of hydrogen-bond acceptors (Lipinski definition) is 3. The van der Waals surface area contributed by atoms with E-state index in [2.05, 4.69) is 22.5 Å². The summed E-state index contributed by atoms with van der Waals surface area (Å²) in [4.78, 5) is 13.8. The Hall–Kier alpha value is -3.13. The summed E-state index contributed by atoms with van der Waals surface area (Å²) >= 11 is 0. The molecule has 0 unspecified atom stereocenters. The van der Waals surface area contributed by atoms with E-state index in [4.69, 9.17) is 4.74 Å². The number of ether oxygens (including phenoxy) is 1. The van der Waals surface area contributed by atoms with E-state index < -0.39 is 0 Å². The third kappa shape index (κ3) is 5.25. The van der Waals surface area contributed by atoms with E-state index in [1.165, 1.54) is 0 Å². The van der Waals surface area contributed by atoms with Crippen LogP contribution >= 0.6 is 0 Å². The van der Waals surface area contributed by atoms with Crippen LogP contribution in [0, 0.1) is 11.8 Å². The highest BCUT2D eigenvalue weighted by atomic mass is 16.5. The molecule has 0 heterocycles. The topological polar surface area (TPSA) is 53.6 Å². The Morgan fingerprint density at radius 3 is 2.58 bits per heavy atom. The summed E-state index contributed by atoms with van der Waals surface area (Å²) < 4.78 is 5.11. The highest BCUT2D eigenvalue weighted by Gasteiger charge is 2.01. The van der Waals surface area contributed by atoms with E-state index in [0.29, 0.717) is 11.4 Å². The average Bonchev–Trinajstić information content (AvgIpc) is 2.59. The van der Waals surface area contributed by atoms with Gasteiger partial charge in [-0.3, -0.25) is 0 Å². The third-order valence-electron chi connectivity index (χ3n) is 3.28. The molecule has 124 valence electrons. The number of amides is 2. The number of nitrogens with one attached hydrogen (secondary N) is 2. The first-order chi connectivity index (χ1) is 11.6. The molecule has 0 aromatic heterocycles. The molecule has 2 amide bonds. The van der Waals surface area contributed by atoms with Gasteiger partial charge in [-0.05, 0) is 36.4 Å². The van der Waals surface area contributed by atoms with Gasteiger partial charge < -0.3 is 20.3 Å². The predicted octanol–water partition coefficient (Wildman–Crippen LogP) is 2.93. The zero-order valence-electron chi connectivity index (χ0n) is 14.1. The maximum absolute atomic E-state index is 11.8. The molecule has 0 aliphatic heterocycles. The first-order valence-electron chi connectivity index (χ1n) is 7.53. The zero-order chi connectivity index (χ0) is 17.4. The Balaban J connectivity index is 1.82. The van der Waals surface area contributed by atoms with E-state index in [-0.39, 0.29) is 12.6 Å². The maximum Gasteiger partial charge on any atom is 0.319 e. The molecule has 2 aromatic rings. The number of rotatable bonds is 4. The van der Waals surface area contributed by atoms with Crippen LogP contribution in [0.5, 0.6) is 5.75 Å². The Kier molecular flexibility index (Phi) is 6.09. The summed E-state index contributed by atoms with van der Waals surface area (Å²) in [5.41, 5.74) is 2.70. The molecule has 0 spiro atoms. The molecule has 0 fully saturated rings. The molecule has 2 aromatic carbocycles. The van der Waals surface area contributed by atoms with Gasteiger partial charge in [-0.1, -0.05) is 17.9 Å². The van der Waals surface area contributed by atoms with Gasteiger partial charge in [0.1, 0.15) is 5.75 Å². The largest absolute Gasteiger partial charge is 0.497 e. The highest BCUT2D eigenvalue weighted by Crippen LogP contribution is 2.16. The molecule has 0 atom stereocenters. The second-order valence-corrected chi connectivity index (χ2v) is 5.28. The van der Waals surface area contributed by atoms with E-state index in [1.807, 2.05) is 55.4 Å². The number of methoxy groups -OCH3 is 1. The van der Waals surface area contributed by atoms with Gasteiger partial charge in [0.25, 0.3) is 0 Å². The molecule has 0 aliphatic rings. The maximum atomic E-state index is 11.8. The molecular formula is C19H21N3O2. The van der Waals surface area contributed by atoms with Gasteiger partial charge in [-0.25, -0.2) is 4.79 Å². The summed E-state index contributed by atoms with van der Waals surface area (Å²) in [6.07, 6.45) is 0. The molecule has 5 heteroatoms. The lowest BCUT2D eigenvalue weighted by Crippen LogP contribution is -2.28. The van der Waals surface area contributed by atoms with Crippen LogP contribution in [0.1, 0.15) is 5.56 Å². The molecule has 0 saturated carbocycles. The van der Waals surface area contributed by atoms with Crippen molar-refractivity contribution in [2.24, 2.45) is 0 Å². The SMILES string of the molecule is COc1cccc(NC(=O)NCC#Cc2ccc(N(C)C)cc2)c1. The Labute approximate surface area is 142 Å². The van der Waals surface area contributed by atoms with E-state index >= 15 is 0 Å². The molecule has 0 saturated heterocycles. The minimum atomic E-state index is -0.305. The fraction of sp³-hybridized carbons (Fsp3) is 0.211. The predicted molar refractivity (Wildman–Crippen MR) is 97.7 cm³/mol. The van der Waals surface area contributed by atoms with Gasteiger partial charge in [-0.15, -0.1) is 0 Å². The van der Waals surface area contributed by atoms with Crippen molar-refractivity contribution in [2.45, 2.75) is 0 Å².